The van der Waals surface area contributed by atoms with Gasteiger partial charge in [0.1, 0.15) is 5.75 Å². The number of halogens is 1. The van der Waals surface area contributed by atoms with Crippen molar-refractivity contribution in [2.24, 2.45) is 0 Å². The van der Waals surface area contributed by atoms with E-state index in [9.17, 15) is 9.59 Å². The molecule has 5 nitrogen and oxygen atoms in total. The van der Waals surface area contributed by atoms with E-state index in [-0.39, 0.29) is 0 Å². The van der Waals surface area contributed by atoms with Crippen LogP contribution in [0.4, 0.5) is 5.69 Å². The number of carbonyl (C=O) groups is 2. The molecule has 0 aliphatic heterocycles. The summed E-state index contributed by atoms with van der Waals surface area (Å²) in [5, 5.41) is 4.16. The van der Waals surface area contributed by atoms with Gasteiger partial charge in [-0.05, 0) is 24.3 Å². The highest BCUT2D eigenvalue weighted by Crippen LogP contribution is 2.35. The van der Waals surface area contributed by atoms with Gasteiger partial charge >= 0.3 is 5.97 Å². The fourth-order valence-corrected chi connectivity index (χ4v) is 3.80. The second-order valence-electron chi connectivity index (χ2n) is 5.47. The van der Waals surface area contributed by atoms with Crippen molar-refractivity contribution in [2.45, 2.75) is 0 Å². The van der Waals surface area contributed by atoms with E-state index in [1.54, 1.807) is 30.3 Å². The van der Waals surface area contributed by atoms with Crippen LogP contribution in [0.2, 0.25) is 5.02 Å². The summed E-state index contributed by atoms with van der Waals surface area (Å²) in [6.07, 6.45) is 2.85. The Labute approximate surface area is 165 Å². The van der Waals surface area contributed by atoms with Crippen LogP contribution in [0.1, 0.15) is 4.88 Å². The molecule has 27 heavy (non-hydrogen) atoms. The number of hydrogen-bond acceptors (Lipinski definition) is 5. The molecule has 1 N–H and O–H groups in total. The molecule has 3 aromatic rings. The second kappa shape index (κ2) is 8.70. The van der Waals surface area contributed by atoms with Crippen molar-refractivity contribution in [3.63, 3.8) is 0 Å². The molecule has 0 bridgehead atoms. The number of amides is 1. The van der Waals surface area contributed by atoms with Crippen molar-refractivity contribution in [1.82, 2.24) is 0 Å². The topological polar surface area (TPSA) is 64.6 Å². The van der Waals surface area contributed by atoms with Crippen LogP contribution in [0, 0.1) is 0 Å². The molecule has 0 unspecified atom stereocenters. The largest absolute Gasteiger partial charge is 0.495 e. The fourth-order valence-electron chi connectivity index (χ4n) is 2.40. The van der Waals surface area contributed by atoms with Crippen LogP contribution in [-0.4, -0.2) is 25.6 Å². The lowest BCUT2D eigenvalue weighted by atomic mass is 10.2. The van der Waals surface area contributed by atoms with E-state index in [1.807, 2.05) is 24.3 Å². The third-order valence-electron chi connectivity index (χ3n) is 3.66. The molecule has 0 radical (unpaired) electrons. The summed E-state index contributed by atoms with van der Waals surface area (Å²) >= 11 is 7.79. The van der Waals surface area contributed by atoms with Crippen molar-refractivity contribution < 1.29 is 19.1 Å². The Morgan fingerprint density at radius 3 is 2.67 bits per heavy atom. The highest BCUT2D eigenvalue weighted by molar-refractivity contribution is 7.20. The van der Waals surface area contributed by atoms with Gasteiger partial charge in [0.15, 0.2) is 6.61 Å². The maximum atomic E-state index is 11.9. The molecular weight excluding hydrogens is 386 g/mol. The van der Waals surface area contributed by atoms with E-state index in [2.05, 4.69) is 5.32 Å². The first-order chi connectivity index (χ1) is 13.1. The zero-order valence-electron chi connectivity index (χ0n) is 14.4. The molecule has 0 saturated heterocycles. The van der Waals surface area contributed by atoms with Gasteiger partial charge in [0.25, 0.3) is 5.91 Å². The number of fused-ring (bicyclic) bond motifs is 1. The van der Waals surface area contributed by atoms with Crippen LogP contribution in [0.5, 0.6) is 5.75 Å². The molecule has 138 valence electrons. The molecule has 1 aromatic heterocycles. The summed E-state index contributed by atoms with van der Waals surface area (Å²) in [4.78, 5) is 24.6. The number of ether oxygens (including phenoxy) is 2. The van der Waals surface area contributed by atoms with Gasteiger partial charge in [0.05, 0.1) is 17.8 Å². The molecule has 0 saturated carbocycles. The predicted molar refractivity (Wildman–Crippen MR) is 108 cm³/mol. The van der Waals surface area contributed by atoms with E-state index in [4.69, 9.17) is 21.1 Å². The summed E-state index contributed by atoms with van der Waals surface area (Å²) in [5.41, 5.74) is 0.508. The average Bonchev–Trinajstić information content (AvgIpc) is 3.01. The quantitative estimate of drug-likeness (QED) is 0.477. The third kappa shape index (κ3) is 4.67. The zero-order valence-corrected chi connectivity index (χ0v) is 16.0. The van der Waals surface area contributed by atoms with E-state index < -0.39 is 18.5 Å². The van der Waals surface area contributed by atoms with E-state index in [1.165, 1.54) is 24.5 Å². The molecule has 2 aromatic carbocycles. The first-order valence-electron chi connectivity index (χ1n) is 8.03. The number of anilines is 1. The van der Waals surface area contributed by atoms with Crippen LogP contribution in [0.25, 0.3) is 16.2 Å². The first kappa shape index (κ1) is 18.9. The van der Waals surface area contributed by atoms with Gasteiger partial charge in [0.2, 0.25) is 0 Å². The van der Waals surface area contributed by atoms with E-state index in [0.29, 0.717) is 16.5 Å². The minimum atomic E-state index is -0.626. The summed E-state index contributed by atoms with van der Waals surface area (Å²) in [6.45, 7) is -0.401. The summed E-state index contributed by atoms with van der Waals surface area (Å²) in [5.74, 6) is -0.559. The SMILES string of the molecule is COc1ccccc1NC(=O)COC(=O)/C=C/c1sc2ccccc2c1Cl. The van der Waals surface area contributed by atoms with Crippen LogP contribution in [0.15, 0.2) is 54.6 Å². The van der Waals surface area contributed by atoms with Gasteiger partial charge < -0.3 is 14.8 Å². The Hall–Kier alpha value is -2.83. The normalized spacial score (nSPS) is 10.9. The number of methoxy groups -OCH3 is 1. The maximum Gasteiger partial charge on any atom is 0.331 e. The number of esters is 1. The number of thiophene rings is 1. The lowest BCUT2D eigenvalue weighted by Crippen LogP contribution is -2.20. The maximum absolute atomic E-state index is 11.9. The second-order valence-corrected chi connectivity index (χ2v) is 6.93. The Kier molecular flexibility index (Phi) is 6.11. The van der Waals surface area contributed by atoms with Crippen LogP contribution >= 0.6 is 22.9 Å². The Balaban J connectivity index is 1.56. The number of para-hydroxylation sites is 2. The molecule has 0 spiro atoms. The van der Waals surface area contributed by atoms with Gasteiger partial charge in [-0.15, -0.1) is 11.3 Å². The molecule has 0 aliphatic rings. The predicted octanol–water partition coefficient (Wildman–Crippen LogP) is 4.76. The Morgan fingerprint density at radius 1 is 1.15 bits per heavy atom. The van der Waals surface area contributed by atoms with Crippen LogP contribution < -0.4 is 10.1 Å². The zero-order chi connectivity index (χ0) is 19.2. The Morgan fingerprint density at radius 2 is 1.89 bits per heavy atom. The standard InChI is InChI=1S/C20H16ClNO4S/c1-25-15-8-4-3-7-14(15)22-18(23)12-26-19(24)11-10-17-20(21)13-6-2-5-9-16(13)27-17/h2-11H,12H2,1H3,(H,22,23)/b11-10+. The molecule has 0 aliphatic carbocycles. The van der Waals surface area contributed by atoms with Crippen molar-refractivity contribution in [3.8, 4) is 5.75 Å². The lowest BCUT2D eigenvalue weighted by molar-refractivity contribution is -0.142. The molecule has 0 atom stereocenters. The number of hydrogen-bond donors (Lipinski definition) is 1. The molecular formula is C20H16ClNO4S. The van der Waals surface area contributed by atoms with E-state index >= 15 is 0 Å². The lowest BCUT2D eigenvalue weighted by Gasteiger charge is -2.09. The number of carbonyl (C=O) groups excluding carboxylic acids is 2. The minimum Gasteiger partial charge on any atom is -0.495 e. The first-order valence-corrected chi connectivity index (χ1v) is 9.22. The molecule has 3 rings (SSSR count). The fraction of sp³-hybridized carbons (Fsp3) is 0.100. The van der Waals surface area contributed by atoms with Crippen LogP contribution in [0.3, 0.4) is 0 Å². The molecule has 1 heterocycles. The Bertz CT molecular complexity index is 1010. The van der Waals surface area contributed by atoms with Crippen molar-refractivity contribution in [2.75, 3.05) is 19.0 Å². The van der Waals surface area contributed by atoms with Gasteiger partial charge in [-0.25, -0.2) is 4.79 Å². The van der Waals surface area contributed by atoms with Gasteiger partial charge in [0, 0.05) is 21.0 Å². The smallest absolute Gasteiger partial charge is 0.331 e. The van der Waals surface area contributed by atoms with Crippen LogP contribution in [-0.2, 0) is 14.3 Å². The monoisotopic (exact) mass is 401 g/mol. The highest BCUT2D eigenvalue weighted by atomic mass is 35.5. The number of rotatable bonds is 6. The van der Waals surface area contributed by atoms with Crippen molar-refractivity contribution >= 4 is 56.7 Å². The molecule has 0 fully saturated rings. The van der Waals surface area contributed by atoms with Gasteiger partial charge in [-0.1, -0.05) is 41.9 Å². The third-order valence-corrected chi connectivity index (χ3v) is 5.31. The summed E-state index contributed by atoms with van der Waals surface area (Å²) < 4.78 is 11.2. The van der Waals surface area contributed by atoms with E-state index in [0.717, 1.165) is 15.0 Å². The van der Waals surface area contributed by atoms with Gasteiger partial charge in [-0.3, -0.25) is 4.79 Å². The minimum absolute atomic E-state index is 0.401. The summed E-state index contributed by atoms with van der Waals surface area (Å²) in [6, 6.07) is 14.7. The number of nitrogens with one attached hydrogen (secondary N) is 1. The van der Waals surface area contributed by atoms with Crippen molar-refractivity contribution in [1.29, 1.82) is 0 Å². The summed E-state index contributed by atoms with van der Waals surface area (Å²) in [7, 11) is 1.51. The van der Waals surface area contributed by atoms with Gasteiger partial charge in [-0.2, -0.15) is 0 Å². The molecule has 7 heteroatoms. The highest BCUT2D eigenvalue weighted by Gasteiger charge is 2.10. The average molecular weight is 402 g/mol. The number of benzene rings is 2. The van der Waals surface area contributed by atoms with Crippen molar-refractivity contribution in [3.05, 3.63) is 64.5 Å². The molecule has 1 amide bonds.